The van der Waals surface area contributed by atoms with Crippen LogP contribution in [0.25, 0.3) is 0 Å². The zero-order valence-corrected chi connectivity index (χ0v) is 15.9. The number of amides is 1. The van der Waals surface area contributed by atoms with E-state index in [0.717, 1.165) is 11.1 Å². The molecule has 0 N–H and O–H groups in total. The van der Waals surface area contributed by atoms with Gasteiger partial charge in [0, 0.05) is 25.9 Å². The van der Waals surface area contributed by atoms with E-state index >= 15 is 0 Å². The van der Waals surface area contributed by atoms with E-state index in [1.807, 2.05) is 60.7 Å². The first-order valence-corrected chi connectivity index (χ1v) is 9.70. The Morgan fingerprint density at radius 3 is 2.25 bits per heavy atom. The number of likely N-dealkylation sites (tertiary alicyclic amines) is 1. The molecule has 0 spiro atoms. The maximum Gasteiger partial charge on any atom is 0.310 e. The molecule has 1 atom stereocenters. The summed E-state index contributed by atoms with van der Waals surface area (Å²) in [6.07, 6.45) is 2.13. The molecule has 5 nitrogen and oxygen atoms in total. The fourth-order valence-electron chi connectivity index (χ4n) is 3.42. The Labute approximate surface area is 165 Å². The number of ketones is 1. The van der Waals surface area contributed by atoms with E-state index in [-0.39, 0.29) is 24.9 Å². The van der Waals surface area contributed by atoms with Gasteiger partial charge in [-0.15, -0.1) is 0 Å². The van der Waals surface area contributed by atoms with Crippen molar-refractivity contribution >= 4 is 17.7 Å². The minimum absolute atomic E-state index is 0.0857. The molecule has 1 aliphatic heterocycles. The van der Waals surface area contributed by atoms with Gasteiger partial charge in [-0.1, -0.05) is 60.7 Å². The first-order chi connectivity index (χ1) is 13.6. The van der Waals surface area contributed by atoms with Crippen LogP contribution in [0.5, 0.6) is 0 Å². The summed E-state index contributed by atoms with van der Waals surface area (Å²) in [6.45, 7) is 1.08. The maximum absolute atomic E-state index is 12.5. The lowest BCUT2D eigenvalue weighted by Crippen LogP contribution is -2.46. The van der Waals surface area contributed by atoms with Gasteiger partial charge in [0.2, 0.25) is 5.78 Å². The Hall–Kier alpha value is -2.95. The monoisotopic (exact) mass is 379 g/mol. The molecule has 2 aromatic carbocycles. The smallest absolute Gasteiger partial charge is 0.310 e. The molecule has 1 heterocycles. The van der Waals surface area contributed by atoms with Gasteiger partial charge in [-0.05, 0) is 24.0 Å². The van der Waals surface area contributed by atoms with E-state index in [2.05, 4.69) is 0 Å². The number of hydrogen-bond donors (Lipinski definition) is 0. The molecule has 0 radical (unpaired) electrons. The maximum atomic E-state index is 12.5. The van der Waals surface area contributed by atoms with Crippen molar-refractivity contribution in [3.05, 3.63) is 71.8 Å². The van der Waals surface area contributed by atoms with Crippen molar-refractivity contribution < 1.29 is 19.1 Å². The molecular weight excluding hydrogens is 354 g/mol. The number of hydrogen-bond acceptors (Lipinski definition) is 4. The van der Waals surface area contributed by atoms with Crippen LogP contribution in [-0.2, 0) is 32.0 Å². The average Bonchev–Trinajstić information content (AvgIpc) is 2.74. The van der Waals surface area contributed by atoms with Gasteiger partial charge in [-0.2, -0.15) is 0 Å². The van der Waals surface area contributed by atoms with Gasteiger partial charge in [0.1, 0.15) is 0 Å². The van der Waals surface area contributed by atoms with Crippen molar-refractivity contribution in [2.24, 2.45) is 5.92 Å². The normalized spacial score (nSPS) is 16.4. The Balaban J connectivity index is 1.48. The second kappa shape index (κ2) is 9.83. The van der Waals surface area contributed by atoms with E-state index in [1.165, 1.54) is 4.90 Å². The first kappa shape index (κ1) is 19.8. The van der Waals surface area contributed by atoms with Gasteiger partial charge in [-0.25, -0.2) is 0 Å². The molecule has 1 fully saturated rings. The van der Waals surface area contributed by atoms with E-state index in [1.54, 1.807) is 0 Å². The lowest BCUT2D eigenvalue weighted by atomic mass is 9.97. The predicted molar refractivity (Wildman–Crippen MR) is 106 cm³/mol. The number of carbonyl (C=O) groups excluding carboxylic acids is 3. The molecule has 0 aliphatic carbocycles. The Kier molecular flexibility index (Phi) is 6.95. The van der Waals surface area contributed by atoms with E-state index in [0.29, 0.717) is 32.4 Å². The number of esters is 1. The molecule has 146 valence electrons. The van der Waals surface area contributed by atoms with Crippen LogP contribution in [0.2, 0.25) is 0 Å². The summed E-state index contributed by atoms with van der Waals surface area (Å²) in [4.78, 5) is 38.7. The minimum Gasteiger partial charge on any atom is -0.465 e. The number of rotatable bonds is 7. The molecule has 0 aromatic heterocycles. The summed E-state index contributed by atoms with van der Waals surface area (Å²) in [5.41, 5.74) is 1.93. The molecule has 0 unspecified atom stereocenters. The van der Waals surface area contributed by atoms with Crippen molar-refractivity contribution in [3.8, 4) is 0 Å². The van der Waals surface area contributed by atoms with Gasteiger partial charge >= 0.3 is 5.97 Å². The Morgan fingerprint density at radius 1 is 0.929 bits per heavy atom. The summed E-state index contributed by atoms with van der Waals surface area (Å²) in [5, 5.41) is 0. The zero-order valence-electron chi connectivity index (χ0n) is 15.9. The molecule has 28 heavy (non-hydrogen) atoms. The van der Waals surface area contributed by atoms with E-state index < -0.39 is 11.7 Å². The third-order valence-corrected chi connectivity index (χ3v) is 4.97. The number of carbonyl (C=O) groups is 3. The van der Waals surface area contributed by atoms with E-state index in [4.69, 9.17) is 4.74 Å². The minimum atomic E-state index is -0.509. The zero-order chi connectivity index (χ0) is 19.8. The SMILES string of the molecule is O=C(Cc1ccccc1)C(=O)N1CCC[C@@H](C(=O)OCCc2ccccc2)C1. The molecular formula is C23H25NO4. The van der Waals surface area contributed by atoms with Crippen molar-refractivity contribution in [1.29, 1.82) is 0 Å². The molecule has 1 saturated heterocycles. The molecule has 5 heteroatoms. The number of benzene rings is 2. The Bertz CT molecular complexity index is 804. The highest BCUT2D eigenvalue weighted by Crippen LogP contribution is 2.19. The van der Waals surface area contributed by atoms with Crippen molar-refractivity contribution in [3.63, 3.8) is 0 Å². The van der Waals surface area contributed by atoms with Crippen LogP contribution in [0.1, 0.15) is 24.0 Å². The van der Waals surface area contributed by atoms with Crippen LogP contribution in [0.3, 0.4) is 0 Å². The highest BCUT2D eigenvalue weighted by atomic mass is 16.5. The second-order valence-electron chi connectivity index (χ2n) is 7.08. The van der Waals surface area contributed by atoms with Gasteiger partial charge in [0.05, 0.1) is 12.5 Å². The van der Waals surface area contributed by atoms with Crippen LogP contribution >= 0.6 is 0 Å². The number of nitrogens with zero attached hydrogens (tertiary/aromatic N) is 1. The van der Waals surface area contributed by atoms with Gasteiger partial charge in [0.25, 0.3) is 5.91 Å². The highest BCUT2D eigenvalue weighted by molar-refractivity contribution is 6.36. The molecule has 0 saturated carbocycles. The topological polar surface area (TPSA) is 63.7 Å². The average molecular weight is 379 g/mol. The summed E-state index contributed by atoms with van der Waals surface area (Å²) in [5.74, 6) is -1.60. The lowest BCUT2D eigenvalue weighted by molar-refractivity contribution is -0.153. The van der Waals surface area contributed by atoms with Crippen LogP contribution in [0, 0.1) is 5.92 Å². The summed E-state index contributed by atoms with van der Waals surface area (Å²) in [7, 11) is 0. The Morgan fingerprint density at radius 2 is 1.57 bits per heavy atom. The second-order valence-corrected chi connectivity index (χ2v) is 7.08. The highest BCUT2D eigenvalue weighted by Gasteiger charge is 2.31. The van der Waals surface area contributed by atoms with Crippen LogP contribution in [0.4, 0.5) is 0 Å². The molecule has 3 rings (SSSR count). The quantitative estimate of drug-likeness (QED) is 0.548. The number of ether oxygens (including phenoxy) is 1. The fraction of sp³-hybridized carbons (Fsp3) is 0.348. The van der Waals surface area contributed by atoms with Crippen LogP contribution in [-0.4, -0.2) is 42.3 Å². The first-order valence-electron chi connectivity index (χ1n) is 9.70. The molecule has 2 aromatic rings. The predicted octanol–water partition coefficient (Wildman–Crippen LogP) is 2.82. The van der Waals surface area contributed by atoms with Crippen molar-refractivity contribution in [1.82, 2.24) is 4.90 Å². The van der Waals surface area contributed by atoms with Gasteiger partial charge < -0.3 is 9.64 Å². The van der Waals surface area contributed by atoms with Crippen LogP contribution in [0.15, 0.2) is 60.7 Å². The van der Waals surface area contributed by atoms with E-state index in [9.17, 15) is 14.4 Å². The standard InChI is InChI=1S/C23H25NO4/c25-21(16-19-10-5-2-6-11-19)22(26)24-14-7-12-20(17-24)23(27)28-15-13-18-8-3-1-4-9-18/h1-6,8-11,20H,7,12-17H2/t20-/m1/s1. The van der Waals surface area contributed by atoms with Gasteiger partial charge in [-0.3, -0.25) is 14.4 Å². The lowest BCUT2D eigenvalue weighted by Gasteiger charge is -2.31. The molecule has 0 bridgehead atoms. The summed E-state index contributed by atoms with van der Waals surface area (Å²) in [6, 6.07) is 19.0. The summed E-state index contributed by atoms with van der Waals surface area (Å²) >= 11 is 0. The van der Waals surface area contributed by atoms with Crippen molar-refractivity contribution in [2.75, 3.05) is 19.7 Å². The third kappa shape index (κ3) is 5.52. The molecule has 1 amide bonds. The van der Waals surface area contributed by atoms with Crippen LogP contribution < -0.4 is 0 Å². The fourth-order valence-corrected chi connectivity index (χ4v) is 3.42. The summed E-state index contributed by atoms with van der Waals surface area (Å²) < 4.78 is 5.41. The third-order valence-electron chi connectivity index (χ3n) is 4.97. The number of piperidine rings is 1. The van der Waals surface area contributed by atoms with Gasteiger partial charge in [0.15, 0.2) is 0 Å². The number of Topliss-reactive ketones (excluding diaryl/α,β-unsaturated/α-hetero) is 1. The largest absolute Gasteiger partial charge is 0.465 e. The van der Waals surface area contributed by atoms with Crippen molar-refractivity contribution in [2.45, 2.75) is 25.7 Å². The molecule has 1 aliphatic rings.